The number of hydrogen-bond acceptors (Lipinski definition) is 5. The molecule has 0 spiro atoms. The highest BCUT2D eigenvalue weighted by Gasteiger charge is 2.32. The second-order valence-corrected chi connectivity index (χ2v) is 8.35. The minimum Gasteiger partial charge on any atom is -0.467 e. The predicted octanol–water partition coefficient (Wildman–Crippen LogP) is 4.68. The van der Waals surface area contributed by atoms with Crippen LogP contribution in [0.2, 0.25) is 0 Å². The van der Waals surface area contributed by atoms with Gasteiger partial charge in [-0.15, -0.1) is 6.58 Å². The van der Waals surface area contributed by atoms with Crippen LogP contribution in [-0.2, 0) is 14.3 Å². The van der Waals surface area contributed by atoms with Crippen molar-refractivity contribution in [1.29, 1.82) is 0 Å². The molecule has 0 bridgehead atoms. The van der Waals surface area contributed by atoms with Gasteiger partial charge in [0.05, 0.1) is 12.7 Å². The van der Waals surface area contributed by atoms with Gasteiger partial charge < -0.3 is 14.9 Å². The van der Waals surface area contributed by atoms with Gasteiger partial charge in [-0.1, -0.05) is 63.0 Å². The molecule has 0 aliphatic heterocycles. The molecule has 1 rings (SSSR count). The Morgan fingerprint density at radius 3 is 2.73 bits per heavy atom. The molecule has 4 atom stereocenters. The molecule has 1 saturated carbocycles. The lowest BCUT2D eigenvalue weighted by Gasteiger charge is -2.23. The fourth-order valence-electron chi connectivity index (χ4n) is 3.93. The largest absolute Gasteiger partial charge is 0.467 e. The lowest BCUT2D eigenvalue weighted by molar-refractivity contribution is -0.150. The van der Waals surface area contributed by atoms with Crippen molar-refractivity contribution in [1.82, 2.24) is 0 Å². The molecule has 0 saturated heterocycles. The number of ketones is 1. The summed E-state index contributed by atoms with van der Waals surface area (Å²) in [5.41, 5.74) is -0.872. The van der Waals surface area contributed by atoms with Crippen molar-refractivity contribution >= 4 is 11.8 Å². The number of Topliss-reactive ketones (excluding diaryl/α,β-unsaturated/α-hetero) is 1. The maximum Gasteiger partial charge on any atom is 0.334 e. The van der Waals surface area contributed by atoms with Crippen molar-refractivity contribution in [2.24, 2.45) is 11.8 Å². The summed E-state index contributed by atoms with van der Waals surface area (Å²) in [6.45, 7) is 5.97. The average molecular weight is 421 g/mol. The van der Waals surface area contributed by atoms with E-state index in [1.54, 1.807) is 6.08 Å². The summed E-state index contributed by atoms with van der Waals surface area (Å²) >= 11 is 0. The van der Waals surface area contributed by atoms with Crippen LogP contribution in [0.1, 0.15) is 77.6 Å². The van der Waals surface area contributed by atoms with Gasteiger partial charge >= 0.3 is 5.97 Å². The molecule has 0 aromatic rings. The molecule has 0 aromatic carbocycles. The summed E-state index contributed by atoms with van der Waals surface area (Å²) in [7, 11) is 1.25. The van der Waals surface area contributed by atoms with Crippen LogP contribution in [0.15, 0.2) is 37.0 Å². The first-order chi connectivity index (χ1) is 14.4. The minimum atomic E-state index is -1.10. The van der Waals surface area contributed by atoms with E-state index in [1.807, 2.05) is 18.2 Å². The fourth-order valence-corrected chi connectivity index (χ4v) is 3.93. The van der Waals surface area contributed by atoms with Gasteiger partial charge in [0.1, 0.15) is 5.78 Å². The zero-order valence-electron chi connectivity index (χ0n) is 18.7. The van der Waals surface area contributed by atoms with Crippen molar-refractivity contribution in [3.63, 3.8) is 0 Å². The molecular formula is C25H40O5. The third kappa shape index (κ3) is 9.40. The first-order valence-electron chi connectivity index (χ1n) is 11.3. The van der Waals surface area contributed by atoms with Gasteiger partial charge in [0, 0.05) is 12.3 Å². The molecule has 170 valence electrons. The zero-order valence-corrected chi connectivity index (χ0v) is 18.7. The standard InChI is InChI=1S/C25H40O5/c1-4-6-7-11-18-25(29,5-2)19-12-13-20-16-17-22(26)21(20)14-9-8-10-15-23(27)24(28)30-3/h5,8-9,12-13,20-21,23,27,29H,2,4,6-7,10-11,14-19H2,1,3H3/t20-,21+,23?,25?/m0/s1. The van der Waals surface area contributed by atoms with E-state index in [9.17, 15) is 19.8 Å². The molecular weight excluding hydrogens is 380 g/mol. The van der Waals surface area contributed by atoms with E-state index in [4.69, 9.17) is 0 Å². The summed E-state index contributed by atoms with van der Waals surface area (Å²) < 4.78 is 4.49. The summed E-state index contributed by atoms with van der Waals surface area (Å²) in [6.07, 6.45) is 17.2. The normalized spacial score (nSPS) is 22.5. The quantitative estimate of drug-likeness (QED) is 0.228. The molecule has 0 heterocycles. The molecule has 30 heavy (non-hydrogen) atoms. The maximum absolute atomic E-state index is 12.3. The van der Waals surface area contributed by atoms with Crippen LogP contribution >= 0.6 is 0 Å². The second kappa shape index (κ2) is 14.3. The monoisotopic (exact) mass is 420 g/mol. The number of esters is 1. The molecule has 2 N–H and O–H groups in total. The number of hydrogen-bond donors (Lipinski definition) is 2. The van der Waals surface area contributed by atoms with Gasteiger partial charge in [0.25, 0.3) is 0 Å². The average Bonchev–Trinajstić information content (AvgIpc) is 3.09. The Morgan fingerprint density at radius 2 is 2.07 bits per heavy atom. The molecule has 1 fully saturated rings. The number of aliphatic hydroxyl groups is 2. The van der Waals surface area contributed by atoms with Gasteiger partial charge in [0.15, 0.2) is 6.10 Å². The Kier molecular flexibility index (Phi) is 12.6. The topological polar surface area (TPSA) is 83.8 Å². The molecule has 2 unspecified atom stereocenters. The SMILES string of the molecule is C=CC(O)(CC=C[C@H]1CCC(=O)[C@@H]1CC=CCCC(O)C(=O)OC)CCCCCC. The van der Waals surface area contributed by atoms with Crippen molar-refractivity contribution in [3.05, 3.63) is 37.0 Å². The first kappa shape index (κ1) is 26.3. The number of carbonyl (C=O) groups excluding carboxylic acids is 2. The van der Waals surface area contributed by atoms with Crippen LogP contribution in [0.25, 0.3) is 0 Å². The number of ether oxygens (including phenoxy) is 1. The molecule has 1 aliphatic rings. The highest BCUT2D eigenvalue weighted by atomic mass is 16.5. The van der Waals surface area contributed by atoms with Crippen LogP contribution in [0.3, 0.4) is 0 Å². The van der Waals surface area contributed by atoms with Crippen LogP contribution in [0, 0.1) is 11.8 Å². The number of allylic oxidation sites excluding steroid dienone is 3. The third-order valence-electron chi connectivity index (χ3n) is 5.99. The highest BCUT2D eigenvalue weighted by Crippen LogP contribution is 2.33. The second-order valence-electron chi connectivity index (χ2n) is 8.35. The van der Waals surface area contributed by atoms with Crippen LogP contribution in [-0.4, -0.2) is 40.8 Å². The molecule has 1 aliphatic carbocycles. The van der Waals surface area contributed by atoms with Gasteiger partial charge in [0.2, 0.25) is 0 Å². The fraction of sp³-hybridized carbons (Fsp3) is 0.680. The van der Waals surface area contributed by atoms with E-state index in [1.165, 1.54) is 20.0 Å². The van der Waals surface area contributed by atoms with Gasteiger partial charge in [-0.05, 0) is 44.4 Å². The highest BCUT2D eigenvalue weighted by molar-refractivity contribution is 5.83. The Labute approximate surface area is 181 Å². The summed E-state index contributed by atoms with van der Waals surface area (Å²) in [5, 5.41) is 20.3. The number of unbranched alkanes of at least 4 members (excludes halogenated alkanes) is 3. The first-order valence-corrected chi connectivity index (χ1v) is 11.3. The van der Waals surface area contributed by atoms with Crippen molar-refractivity contribution in [2.45, 2.75) is 89.3 Å². The summed E-state index contributed by atoms with van der Waals surface area (Å²) in [4.78, 5) is 23.4. The lowest BCUT2D eigenvalue weighted by atomic mass is 9.89. The molecule has 5 nitrogen and oxygen atoms in total. The molecule has 0 radical (unpaired) electrons. The minimum absolute atomic E-state index is 0.0376. The number of aliphatic hydroxyl groups excluding tert-OH is 1. The Morgan fingerprint density at radius 1 is 1.30 bits per heavy atom. The van der Waals surface area contributed by atoms with Crippen LogP contribution in [0.5, 0.6) is 0 Å². The predicted molar refractivity (Wildman–Crippen MR) is 120 cm³/mol. The number of rotatable bonds is 15. The molecule has 5 heteroatoms. The number of methoxy groups -OCH3 is 1. The number of carbonyl (C=O) groups is 2. The van der Waals surface area contributed by atoms with Crippen LogP contribution in [0.4, 0.5) is 0 Å². The summed E-state index contributed by atoms with van der Waals surface area (Å²) in [6, 6.07) is 0. The Bertz CT molecular complexity index is 594. The zero-order chi connectivity index (χ0) is 22.4. The van der Waals surface area contributed by atoms with Crippen molar-refractivity contribution in [3.8, 4) is 0 Å². The van der Waals surface area contributed by atoms with E-state index in [2.05, 4.69) is 24.3 Å². The van der Waals surface area contributed by atoms with Crippen LogP contribution < -0.4 is 0 Å². The molecule has 0 amide bonds. The van der Waals surface area contributed by atoms with Crippen molar-refractivity contribution < 1.29 is 24.5 Å². The maximum atomic E-state index is 12.3. The van der Waals surface area contributed by atoms with E-state index in [0.29, 0.717) is 38.5 Å². The van der Waals surface area contributed by atoms with Crippen molar-refractivity contribution in [2.75, 3.05) is 7.11 Å². The van der Waals surface area contributed by atoms with Gasteiger partial charge in [-0.2, -0.15) is 0 Å². The smallest absolute Gasteiger partial charge is 0.334 e. The Hall–Kier alpha value is -1.72. The summed E-state index contributed by atoms with van der Waals surface area (Å²) in [5.74, 6) is -0.187. The van der Waals surface area contributed by atoms with E-state index >= 15 is 0 Å². The third-order valence-corrected chi connectivity index (χ3v) is 5.99. The van der Waals surface area contributed by atoms with Gasteiger partial charge in [-0.25, -0.2) is 4.79 Å². The van der Waals surface area contributed by atoms with Gasteiger partial charge in [-0.3, -0.25) is 4.79 Å². The van der Waals surface area contributed by atoms with E-state index < -0.39 is 17.7 Å². The van der Waals surface area contributed by atoms with E-state index in [0.717, 1.165) is 19.3 Å². The lowest BCUT2D eigenvalue weighted by Crippen LogP contribution is -2.24. The van der Waals surface area contributed by atoms with E-state index in [-0.39, 0.29) is 17.6 Å². The molecule has 0 aromatic heterocycles. The Balaban J connectivity index is 2.48.